The van der Waals surface area contributed by atoms with Gasteiger partial charge in [0.05, 0.1) is 0 Å². The van der Waals surface area contributed by atoms with Crippen LogP contribution in [-0.4, -0.2) is 35.3 Å². The van der Waals surface area contributed by atoms with Crippen molar-refractivity contribution in [3.05, 3.63) is 58.9 Å². The summed E-state index contributed by atoms with van der Waals surface area (Å²) < 4.78 is 0. The predicted molar refractivity (Wildman–Crippen MR) is 100.0 cm³/mol. The molecule has 2 rings (SSSR count). The number of rotatable bonds is 6. The van der Waals surface area contributed by atoms with Crippen molar-refractivity contribution in [3.63, 3.8) is 0 Å². The van der Waals surface area contributed by atoms with Crippen molar-refractivity contribution in [3.8, 4) is 0 Å². The fraction of sp³-hybridized carbons (Fsp3) is 0.350. The lowest BCUT2D eigenvalue weighted by Gasteiger charge is -2.16. The lowest BCUT2D eigenvalue weighted by molar-refractivity contribution is 0.0787. The van der Waals surface area contributed by atoms with Crippen LogP contribution in [0.2, 0.25) is 0 Å². The zero-order valence-electron chi connectivity index (χ0n) is 15.3. The second kappa shape index (κ2) is 8.42. The number of hydrogen-bond donors (Lipinski definition) is 1. The Morgan fingerprint density at radius 3 is 2.48 bits per heavy atom. The zero-order chi connectivity index (χ0) is 18.4. The van der Waals surface area contributed by atoms with Crippen molar-refractivity contribution in [2.75, 3.05) is 18.9 Å². The molecule has 0 aliphatic heterocycles. The molecule has 0 fully saturated rings. The summed E-state index contributed by atoms with van der Waals surface area (Å²) in [6, 6.07) is 9.02. The van der Waals surface area contributed by atoms with E-state index in [-0.39, 0.29) is 17.5 Å². The van der Waals surface area contributed by atoms with Gasteiger partial charge in [-0.15, -0.1) is 0 Å². The lowest BCUT2D eigenvalue weighted by Crippen LogP contribution is -2.28. The molecule has 0 spiro atoms. The minimum atomic E-state index is -0.245. The highest BCUT2D eigenvalue weighted by Gasteiger charge is 2.16. The number of pyridine rings is 1. The van der Waals surface area contributed by atoms with Crippen molar-refractivity contribution in [1.82, 2.24) is 9.88 Å². The molecule has 1 aromatic carbocycles. The van der Waals surface area contributed by atoms with E-state index < -0.39 is 0 Å². The van der Waals surface area contributed by atoms with Crippen LogP contribution in [0.5, 0.6) is 0 Å². The Labute approximate surface area is 149 Å². The number of aromatic nitrogens is 1. The van der Waals surface area contributed by atoms with Crippen LogP contribution in [0.3, 0.4) is 0 Å². The number of carbonyl (C=O) groups is 2. The van der Waals surface area contributed by atoms with Gasteiger partial charge in [0.15, 0.2) is 0 Å². The number of nitrogens with one attached hydrogen (secondary N) is 1. The first-order chi connectivity index (χ1) is 11.9. The van der Waals surface area contributed by atoms with Crippen LogP contribution in [0, 0.1) is 13.8 Å². The van der Waals surface area contributed by atoms with E-state index in [1.807, 2.05) is 32.0 Å². The number of nitrogens with zero attached hydrogens (tertiary/aromatic N) is 2. The number of aryl methyl sites for hydroxylation is 2. The van der Waals surface area contributed by atoms with Crippen molar-refractivity contribution in [2.45, 2.75) is 33.6 Å². The molecule has 1 heterocycles. The standard InChI is InChI=1S/C20H25N3O2/c1-5-6-12-23(4)20(25)17-13-16(10-11-21-17)19(24)22-18-14(2)8-7-9-15(18)3/h7-11,13H,5-6,12H2,1-4H3,(H,22,24). The molecule has 25 heavy (non-hydrogen) atoms. The monoisotopic (exact) mass is 339 g/mol. The number of anilines is 1. The van der Waals surface area contributed by atoms with Gasteiger partial charge in [0.2, 0.25) is 0 Å². The van der Waals surface area contributed by atoms with Gasteiger partial charge in [0.1, 0.15) is 5.69 Å². The van der Waals surface area contributed by atoms with Gasteiger partial charge < -0.3 is 10.2 Å². The van der Waals surface area contributed by atoms with E-state index in [0.29, 0.717) is 12.1 Å². The van der Waals surface area contributed by atoms with Crippen LogP contribution in [0.1, 0.15) is 51.7 Å². The summed E-state index contributed by atoms with van der Waals surface area (Å²) in [7, 11) is 1.75. The van der Waals surface area contributed by atoms with Gasteiger partial charge in [-0.05, 0) is 43.5 Å². The Morgan fingerprint density at radius 2 is 1.84 bits per heavy atom. The van der Waals surface area contributed by atoms with E-state index in [1.54, 1.807) is 24.1 Å². The number of unbranched alkanes of at least 4 members (excludes halogenated alkanes) is 1. The highest BCUT2D eigenvalue weighted by Crippen LogP contribution is 2.20. The zero-order valence-corrected chi connectivity index (χ0v) is 15.3. The van der Waals surface area contributed by atoms with Crippen LogP contribution < -0.4 is 5.32 Å². The molecule has 0 unspecified atom stereocenters. The molecular formula is C20H25N3O2. The number of hydrogen-bond acceptors (Lipinski definition) is 3. The van der Waals surface area contributed by atoms with E-state index >= 15 is 0 Å². The second-order valence-electron chi connectivity index (χ2n) is 6.23. The van der Waals surface area contributed by atoms with E-state index in [0.717, 1.165) is 29.7 Å². The van der Waals surface area contributed by atoms with Crippen LogP contribution >= 0.6 is 0 Å². The topological polar surface area (TPSA) is 62.3 Å². The van der Waals surface area contributed by atoms with Gasteiger partial charge >= 0.3 is 0 Å². The average Bonchev–Trinajstić information content (AvgIpc) is 2.62. The SMILES string of the molecule is CCCCN(C)C(=O)c1cc(C(=O)Nc2c(C)cccc2C)ccn1. The van der Waals surface area contributed by atoms with E-state index in [1.165, 1.54) is 6.20 Å². The van der Waals surface area contributed by atoms with Crippen molar-refractivity contribution < 1.29 is 9.59 Å². The molecule has 0 aliphatic rings. The third kappa shape index (κ3) is 4.66. The Balaban J connectivity index is 2.18. The smallest absolute Gasteiger partial charge is 0.272 e. The van der Waals surface area contributed by atoms with Crippen LogP contribution in [-0.2, 0) is 0 Å². The molecular weight excluding hydrogens is 314 g/mol. The number of benzene rings is 1. The van der Waals surface area contributed by atoms with Gasteiger partial charge in [-0.25, -0.2) is 0 Å². The van der Waals surface area contributed by atoms with Crippen molar-refractivity contribution >= 4 is 17.5 Å². The summed E-state index contributed by atoms with van der Waals surface area (Å²) in [4.78, 5) is 30.8. The first-order valence-electron chi connectivity index (χ1n) is 8.53. The molecule has 1 N–H and O–H groups in total. The fourth-order valence-corrected chi connectivity index (χ4v) is 2.58. The lowest BCUT2D eigenvalue weighted by atomic mass is 10.1. The maximum absolute atomic E-state index is 12.6. The Morgan fingerprint density at radius 1 is 1.16 bits per heavy atom. The fourth-order valence-electron chi connectivity index (χ4n) is 2.58. The Bertz CT molecular complexity index is 751. The number of para-hydroxylation sites is 1. The Hall–Kier alpha value is -2.69. The van der Waals surface area contributed by atoms with E-state index in [2.05, 4.69) is 17.2 Å². The third-order valence-corrected chi connectivity index (χ3v) is 4.15. The van der Waals surface area contributed by atoms with Crippen LogP contribution in [0.15, 0.2) is 36.5 Å². The molecule has 0 bridgehead atoms. The summed E-state index contributed by atoms with van der Waals surface area (Å²) in [5.41, 5.74) is 3.51. The first-order valence-corrected chi connectivity index (χ1v) is 8.53. The van der Waals surface area contributed by atoms with Crippen molar-refractivity contribution in [1.29, 1.82) is 0 Å². The van der Waals surface area contributed by atoms with Gasteiger partial charge in [-0.1, -0.05) is 31.5 Å². The predicted octanol–water partition coefficient (Wildman–Crippen LogP) is 3.82. The molecule has 2 aromatic rings. The van der Waals surface area contributed by atoms with Crippen LogP contribution in [0.4, 0.5) is 5.69 Å². The molecule has 0 radical (unpaired) electrons. The first kappa shape index (κ1) is 18.6. The van der Waals surface area contributed by atoms with Gasteiger partial charge in [-0.3, -0.25) is 14.6 Å². The second-order valence-corrected chi connectivity index (χ2v) is 6.23. The largest absolute Gasteiger partial charge is 0.340 e. The summed E-state index contributed by atoms with van der Waals surface area (Å²) in [5.74, 6) is -0.416. The van der Waals surface area contributed by atoms with Crippen LogP contribution in [0.25, 0.3) is 0 Å². The van der Waals surface area contributed by atoms with Gasteiger partial charge in [-0.2, -0.15) is 0 Å². The third-order valence-electron chi connectivity index (χ3n) is 4.15. The van der Waals surface area contributed by atoms with E-state index in [4.69, 9.17) is 0 Å². The molecule has 1 aromatic heterocycles. The van der Waals surface area contributed by atoms with Crippen molar-refractivity contribution in [2.24, 2.45) is 0 Å². The molecule has 0 saturated carbocycles. The van der Waals surface area contributed by atoms with Gasteiger partial charge in [0, 0.05) is 31.0 Å². The molecule has 0 aliphatic carbocycles. The minimum absolute atomic E-state index is 0.171. The minimum Gasteiger partial charge on any atom is -0.340 e. The molecule has 5 heteroatoms. The van der Waals surface area contributed by atoms with Gasteiger partial charge in [0.25, 0.3) is 11.8 Å². The normalized spacial score (nSPS) is 10.4. The number of amides is 2. The Kier molecular flexibility index (Phi) is 6.28. The average molecular weight is 339 g/mol. The molecule has 0 saturated heterocycles. The summed E-state index contributed by atoms with van der Waals surface area (Å²) in [6.45, 7) is 6.66. The summed E-state index contributed by atoms with van der Waals surface area (Å²) in [5, 5.41) is 2.93. The highest BCUT2D eigenvalue weighted by atomic mass is 16.2. The summed E-state index contributed by atoms with van der Waals surface area (Å²) >= 11 is 0. The summed E-state index contributed by atoms with van der Waals surface area (Å²) in [6.07, 6.45) is 3.46. The molecule has 132 valence electrons. The molecule has 5 nitrogen and oxygen atoms in total. The highest BCUT2D eigenvalue weighted by molar-refractivity contribution is 6.06. The molecule has 2 amide bonds. The number of carbonyl (C=O) groups excluding carboxylic acids is 2. The molecule has 0 atom stereocenters. The van der Waals surface area contributed by atoms with E-state index in [9.17, 15) is 9.59 Å². The maximum atomic E-state index is 12.6. The quantitative estimate of drug-likeness (QED) is 0.870. The maximum Gasteiger partial charge on any atom is 0.272 e.